The second-order valence-electron chi connectivity index (χ2n) is 5.65. The number of nitrogens with zero attached hydrogens (tertiary/aromatic N) is 3. The van der Waals surface area contributed by atoms with Gasteiger partial charge in [0.25, 0.3) is 0 Å². The minimum absolute atomic E-state index is 0. The van der Waals surface area contributed by atoms with E-state index in [0.717, 1.165) is 23.9 Å². The van der Waals surface area contributed by atoms with Crippen LogP contribution in [-0.4, -0.2) is 37.9 Å². The third-order valence-corrected chi connectivity index (χ3v) is 5.99. The molecule has 24 heavy (non-hydrogen) atoms. The van der Waals surface area contributed by atoms with E-state index in [1.807, 2.05) is 0 Å². The Hall–Kier alpha value is -1.57. The van der Waals surface area contributed by atoms with Gasteiger partial charge in [0.15, 0.2) is 5.17 Å². The van der Waals surface area contributed by atoms with Gasteiger partial charge in [-0.05, 0) is 17.5 Å². The van der Waals surface area contributed by atoms with Crippen molar-refractivity contribution < 1.29 is 9.90 Å². The highest BCUT2D eigenvalue weighted by atomic mass is 35.5. The molecule has 2 aliphatic rings. The van der Waals surface area contributed by atoms with E-state index in [4.69, 9.17) is 5.11 Å². The number of aromatic nitrogens is 1. The van der Waals surface area contributed by atoms with E-state index in [2.05, 4.69) is 39.1 Å². The van der Waals surface area contributed by atoms with E-state index in [1.165, 1.54) is 22.5 Å². The molecule has 0 amide bonds. The van der Waals surface area contributed by atoms with Crippen molar-refractivity contribution in [1.29, 1.82) is 0 Å². The predicted molar refractivity (Wildman–Crippen MR) is 99.7 cm³/mol. The number of benzene rings is 1. The third kappa shape index (κ3) is 3.43. The lowest BCUT2D eigenvalue weighted by Gasteiger charge is -2.32. The van der Waals surface area contributed by atoms with Crippen LogP contribution in [0.3, 0.4) is 0 Å². The zero-order valence-corrected chi connectivity index (χ0v) is 15.2. The van der Waals surface area contributed by atoms with Crippen molar-refractivity contribution in [1.82, 2.24) is 9.88 Å². The number of carboxylic acids is 1. The number of fused-ring (bicyclic) bond motifs is 2. The normalized spacial score (nSPS) is 20.4. The summed E-state index contributed by atoms with van der Waals surface area (Å²) in [4.78, 5) is 22.1. The number of rotatable bonds is 3. The van der Waals surface area contributed by atoms with Crippen LogP contribution < -0.4 is 0 Å². The van der Waals surface area contributed by atoms with Crippen LogP contribution in [0.15, 0.2) is 34.6 Å². The Balaban J connectivity index is 0.00000169. The van der Waals surface area contributed by atoms with Gasteiger partial charge in [-0.2, -0.15) is 4.99 Å². The number of carboxylic acid groups (broad SMARTS) is 1. The number of hydrogen-bond donors (Lipinski definition) is 1. The molecule has 4 rings (SSSR count). The molecular formula is C16H16ClN3O2S2. The van der Waals surface area contributed by atoms with Gasteiger partial charge in [0.2, 0.25) is 5.13 Å². The standard InChI is InChI=1S/C16H15N3O2S2.ClH/c20-14(21)6-12-8-22-15(17-12)18-16-19-7-11-4-2-1-3-10(11)5-13(19)9-23-16;/h1-4,8,13H,5-7,9H2,(H,20,21);1H. The minimum Gasteiger partial charge on any atom is -0.481 e. The highest BCUT2D eigenvalue weighted by Gasteiger charge is 2.34. The van der Waals surface area contributed by atoms with Gasteiger partial charge in [-0.1, -0.05) is 36.0 Å². The zero-order chi connectivity index (χ0) is 15.8. The molecule has 1 N–H and O–H groups in total. The molecule has 0 bridgehead atoms. The maximum atomic E-state index is 10.7. The molecule has 1 saturated heterocycles. The first kappa shape index (κ1) is 17.3. The Morgan fingerprint density at radius 3 is 2.96 bits per heavy atom. The van der Waals surface area contributed by atoms with Crippen LogP contribution in [0.25, 0.3) is 0 Å². The van der Waals surface area contributed by atoms with Crippen molar-refractivity contribution in [3.8, 4) is 0 Å². The van der Waals surface area contributed by atoms with Gasteiger partial charge in [0.1, 0.15) is 0 Å². The summed E-state index contributed by atoms with van der Waals surface area (Å²) in [5.74, 6) is 0.179. The van der Waals surface area contributed by atoms with Gasteiger partial charge in [-0.15, -0.1) is 23.7 Å². The van der Waals surface area contributed by atoms with Gasteiger partial charge in [-0.25, -0.2) is 4.98 Å². The summed E-state index contributed by atoms with van der Waals surface area (Å²) in [6.07, 6.45) is 1.01. The van der Waals surface area contributed by atoms with E-state index < -0.39 is 5.97 Å². The topological polar surface area (TPSA) is 65.8 Å². The number of amidine groups is 1. The molecule has 0 radical (unpaired) electrons. The Bertz CT molecular complexity index is 793. The smallest absolute Gasteiger partial charge is 0.309 e. The van der Waals surface area contributed by atoms with Crippen LogP contribution in [0.1, 0.15) is 16.8 Å². The fourth-order valence-electron chi connectivity index (χ4n) is 2.98. The lowest BCUT2D eigenvalue weighted by Crippen LogP contribution is -2.38. The molecule has 2 aromatic rings. The summed E-state index contributed by atoms with van der Waals surface area (Å²) in [5.41, 5.74) is 3.38. The van der Waals surface area contributed by atoms with Crippen LogP contribution in [0, 0.1) is 0 Å². The second kappa shape index (κ2) is 7.13. The van der Waals surface area contributed by atoms with Crippen LogP contribution in [0.4, 0.5) is 5.13 Å². The molecule has 1 unspecified atom stereocenters. The van der Waals surface area contributed by atoms with Gasteiger partial charge >= 0.3 is 5.97 Å². The van der Waals surface area contributed by atoms with Crippen molar-refractivity contribution in [3.63, 3.8) is 0 Å². The molecule has 0 spiro atoms. The molecule has 1 fully saturated rings. The first-order valence-electron chi connectivity index (χ1n) is 7.40. The van der Waals surface area contributed by atoms with E-state index in [0.29, 0.717) is 16.9 Å². The number of thiazole rings is 1. The van der Waals surface area contributed by atoms with Crippen LogP contribution >= 0.6 is 35.5 Å². The number of hydrogen-bond acceptors (Lipinski definition) is 5. The number of aliphatic imine (C=N–C) groups is 1. The first-order chi connectivity index (χ1) is 11.2. The third-order valence-electron chi connectivity index (χ3n) is 4.07. The van der Waals surface area contributed by atoms with Crippen LogP contribution in [0.5, 0.6) is 0 Å². The molecule has 1 atom stereocenters. The summed E-state index contributed by atoms with van der Waals surface area (Å²) in [5, 5.41) is 12.2. The van der Waals surface area contributed by atoms with Gasteiger partial charge in [0, 0.05) is 23.7 Å². The molecule has 3 heterocycles. The molecule has 0 saturated carbocycles. The van der Waals surface area contributed by atoms with Gasteiger partial charge < -0.3 is 10.0 Å². The number of thioether (sulfide) groups is 1. The molecule has 1 aromatic carbocycles. The Kier molecular flexibility index (Phi) is 5.12. The summed E-state index contributed by atoms with van der Waals surface area (Å²) >= 11 is 3.16. The van der Waals surface area contributed by atoms with Gasteiger partial charge in [0.05, 0.1) is 12.1 Å². The average Bonchev–Trinajstić information content (AvgIpc) is 3.12. The maximum absolute atomic E-state index is 10.7. The van der Waals surface area contributed by atoms with Crippen LogP contribution in [0.2, 0.25) is 0 Å². The van der Waals surface area contributed by atoms with E-state index in [-0.39, 0.29) is 18.8 Å². The van der Waals surface area contributed by atoms with E-state index >= 15 is 0 Å². The van der Waals surface area contributed by atoms with E-state index in [1.54, 1.807) is 17.1 Å². The quantitative estimate of drug-likeness (QED) is 0.883. The summed E-state index contributed by atoms with van der Waals surface area (Å²) in [6.45, 7) is 0.889. The SMILES string of the molecule is Cl.O=C(O)Cc1csc(N=C2SCC3Cc4ccccc4CN23)n1. The highest BCUT2D eigenvalue weighted by Crippen LogP contribution is 2.35. The van der Waals surface area contributed by atoms with Crippen molar-refractivity contribution in [2.24, 2.45) is 4.99 Å². The number of halogens is 1. The molecule has 1 aromatic heterocycles. The Labute approximate surface area is 154 Å². The fourth-order valence-corrected chi connectivity index (χ4v) is 4.89. The van der Waals surface area contributed by atoms with E-state index in [9.17, 15) is 4.79 Å². The van der Waals surface area contributed by atoms with Crippen molar-refractivity contribution in [2.45, 2.75) is 25.4 Å². The molecular weight excluding hydrogens is 366 g/mol. The fraction of sp³-hybridized carbons (Fsp3) is 0.312. The molecule has 2 aliphatic heterocycles. The van der Waals surface area contributed by atoms with Gasteiger partial charge in [-0.3, -0.25) is 4.79 Å². The van der Waals surface area contributed by atoms with Crippen molar-refractivity contribution in [3.05, 3.63) is 46.5 Å². The lowest BCUT2D eigenvalue weighted by molar-refractivity contribution is -0.136. The number of aliphatic carboxylic acids is 1. The molecule has 5 nitrogen and oxygen atoms in total. The van der Waals surface area contributed by atoms with Crippen molar-refractivity contribution in [2.75, 3.05) is 5.75 Å². The Morgan fingerprint density at radius 1 is 1.38 bits per heavy atom. The monoisotopic (exact) mass is 381 g/mol. The van der Waals surface area contributed by atoms with Crippen molar-refractivity contribution >= 4 is 51.8 Å². The minimum atomic E-state index is -0.863. The first-order valence-corrected chi connectivity index (χ1v) is 9.26. The molecule has 8 heteroatoms. The molecule has 0 aliphatic carbocycles. The zero-order valence-electron chi connectivity index (χ0n) is 12.7. The second-order valence-corrected chi connectivity index (χ2v) is 7.48. The summed E-state index contributed by atoms with van der Waals surface area (Å²) < 4.78 is 0. The summed E-state index contributed by atoms with van der Waals surface area (Å²) in [7, 11) is 0. The molecule has 126 valence electrons. The lowest BCUT2D eigenvalue weighted by atomic mass is 9.95. The number of carbonyl (C=O) groups is 1. The van der Waals surface area contributed by atoms with Crippen LogP contribution in [-0.2, 0) is 24.2 Å². The summed E-state index contributed by atoms with van der Waals surface area (Å²) in [6, 6.07) is 9.07. The average molecular weight is 382 g/mol. The predicted octanol–water partition coefficient (Wildman–Crippen LogP) is 3.35. The largest absolute Gasteiger partial charge is 0.481 e. The Morgan fingerprint density at radius 2 is 2.17 bits per heavy atom. The maximum Gasteiger partial charge on any atom is 0.309 e. The highest BCUT2D eigenvalue weighted by molar-refractivity contribution is 8.14.